The summed E-state index contributed by atoms with van der Waals surface area (Å²) in [6.07, 6.45) is 4.03. The lowest BCUT2D eigenvalue weighted by Crippen LogP contribution is -2.50. The molecule has 0 radical (unpaired) electrons. The van der Waals surface area contributed by atoms with Crippen LogP contribution < -0.4 is 4.90 Å². The number of aromatic nitrogens is 2. The highest BCUT2D eigenvalue weighted by atomic mass is 35.5. The molecule has 25 heavy (non-hydrogen) atoms. The fraction of sp³-hybridized carbons (Fsp3) is 0.263. The van der Waals surface area contributed by atoms with Crippen LogP contribution in [0.2, 0.25) is 5.02 Å². The zero-order chi connectivity index (χ0) is 17.4. The van der Waals surface area contributed by atoms with E-state index in [0.29, 0.717) is 24.7 Å². The number of carbonyl (C=O) groups is 1. The molecule has 128 valence electrons. The molecule has 3 aromatic rings. The van der Waals surface area contributed by atoms with Crippen LogP contribution in [0.5, 0.6) is 0 Å². The van der Waals surface area contributed by atoms with Crippen LogP contribution in [0.3, 0.4) is 0 Å². The largest absolute Gasteiger partial charge is 0.309 e. The Hall–Kier alpha value is -2.37. The Kier molecular flexibility index (Phi) is 4.19. The number of carbonyl (C=O) groups excluding carboxylic acids is 1. The molecule has 1 fully saturated rings. The lowest BCUT2D eigenvalue weighted by atomic mass is 10.2. The van der Waals surface area contributed by atoms with E-state index in [1.54, 1.807) is 4.90 Å². The molecule has 0 bridgehead atoms. The average molecular weight is 355 g/mol. The number of halogens is 1. The lowest BCUT2D eigenvalue weighted by Gasteiger charge is -2.34. The maximum absolute atomic E-state index is 12.6. The second-order valence-corrected chi connectivity index (χ2v) is 6.77. The third kappa shape index (κ3) is 3.13. The number of imidazole rings is 1. The van der Waals surface area contributed by atoms with E-state index in [0.717, 1.165) is 29.1 Å². The van der Waals surface area contributed by atoms with Gasteiger partial charge in [-0.25, -0.2) is 4.98 Å². The van der Waals surface area contributed by atoms with Crippen LogP contribution in [-0.2, 0) is 11.3 Å². The maximum atomic E-state index is 12.6. The van der Waals surface area contributed by atoms with Crippen molar-refractivity contribution in [3.8, 4) is 0 Å². The Balaban J connectivity index is 1.48. The van der Waals surface area contributed by atoms with Crippen molar-refractivity contribution in [1.29, 1.82) is 0 Å². The molecule has 1 saturated heterocycles. The topological polar surface area (TPSA) is 40.9 Å². The molecule has 0 saturated carbocycles. The minimum atomic E-state index is 0.0688. The first kappa shape index (κ1) is 16.1. The molecule has 1 amide bonds. The number of hydrogen-bond donors (Lipinski definition) is 0. The number of fused-ring (bicyclic) bond motifs is 1. The highest BCUT2D eigenvalue weighted by molar-refractivity contribution is 6.33. The lowest BCUT2D eigenvalue weighted by molar-refractivity contribution is -0.121. The van der Waals surface area contributed by atoms with E-state index in [1.165, 1.54) is 0 Å². The van der Waals surface area contributed by atoms with Gasteiger partial charge < -0.3 is 9.30 Å². The molecule has 0 N–H and O–H groups in total. The molecule has 0 spiro atoms. The fourth-order valence-corrected chi connectivity index (χ4v) is 3.53. The molecule has 6 heteroatoms. The van der Waals surface area contributed by atoms with E-state index in [-0.39, 0.29) is 5.91 Å². The Morgan fingerprint density at radius 1 is 1.16 bits per heavy atom. The van der Waals surface area contributed by atoms with Crippen molar-refractivity contribution >= 4 is 28.8 Å². The monoisotopic (exact) mass is 354 g/mol. The van der Waals surface area contributed by atoms with Gasteiger partial charge in [-0.15, -0.1) is 0 Å². The SMILES string of the molecule is Cc1cccn2cc(CN3CCN(c4ccccc4Cl)C(=O)C3)nc12. The first-order valence-corrected chi connectivity index (χ1v) is 8.70. The van der Waals surface area contributed by atoms with Crippen molar-refractivity contribution in [2.45, 2.75) is 13.5 Å². The van der Waals surface area contributed by atoms with Crippen LogP contribution >= 0.6 is 11.6 Å². The van der Waals surface area contributed by atoms with Gasteiger partial charge >= 0.3 is 0 Å². The number of amides is 1. The van der Waals surface area contributed by atoms with Crippen LogP contribution in [0.15, 0.2) is 48.8 Å². The van der Waals surface area contributed by atoms with Crippen molar-refractivity contribution in [1.82, 2.24) is 14.3 Å². The number of piperazine rings is 1. The molecular formula is C19H19ClN4O. The number of hydrogen-bond acceptors (Lipinski definition) is 3. The summed E-state index contributed by atoms with van der Waals surface area (Å²) in [6.45, 7) is 4.53. The van der Waals surface area contributed by atoms with Crippen LogP contribution in [0, 0.1) is 6.92 Å². The maximum Gasteiger partial charge on any atom is 0.241 e. The summed E-state index contributed by atoms with van der Waals surface area (Å²) in [5.41, 5.74) is 3.89. The van der Waals surface area contributed by atoms with Gasteiger partial charge in [-0.2, -0.15) is 0 Å². The summed E-state index contributed by atoms with van der Waals surface area (Å²) in [4.78, 5) is 21.2. The number of para-hydroxylation sites is 1. The van der Waals surface area contributed by atoms with Gasteiger partial charge in [-0.1, -0.05) is 29.8 Å². The molecule has 3 heterocycles. The van der Waals surface area contributed by atoms with Crippen LogP contribution in [0.1, 0.15) is 11.3 Å². The van der Waals surface area contributed by atoms with Crippen LogP contribution in [0.25, 0.3) is 5.65 Å². The number of anilines is 1. The predicted octanol–water partition coefficient (Wildman–Crippen LogP) is 3.14. The zero-order valence-corrected chi connectivity index (χ0v) is 14.8. The Morgan fingerprint density at radius 2 is 2.00 bits per heavy atom. The first-order valence-electron chi connectivity index (χ1n) is 8.32. The summed E-state index contributed by atoms with van der Waals surface area (Å²) in [5.74, 6) is 0.0688. The fourth-order valence-electron chi connectivity index (χ4n) is 3.29. The van der Waals surface area contributed by atoms with Gasteiger partial charge in [0.1, 0.15) is 5.65 Å². The quantitative estimate of drug-likeness (QED) is 0.725. The normalized spacial score (nSPS) is 15.9. The van der Waals surface area contributed by atoms with Crippen molar-refractivity contribution in [3.63, 3.8) is 0 Å². The van der Waals surface area contributed by atoms with Crippen molar-refractivity contribution in [2.75, 3.05) is 24.5 Å². The third-order valence-electron chi connectivity index (χ3n) is 4.56. The molecular weight excluding hydrogens is 336 g/mol. The predicted molar refractivity (Wildman–Crippen MR) is 99.0 cm³/mol. The van der Waals surface area contributed by atoms with Gasteiger partial charge in [0.15, 0.2) is 0 Å². The van der Waals surface area contributed by atoms with E-state index in [1.807, 2.05) is 47.1 Å². The number of aryl methyl sites for hydroxylation is 1. The highest BCUT2D eigenvalue weighted by Gasteiger charge is 2.26. The summed E-state index contributed by atoms with van der Waals surface area (Å²) in [5, 5.41) is 0.611. The van der Waals surface area contributed by atoms with Crippen molar-refractivity contribution in [3.05, 3.63) is 65.1 Å². The zero-order valence-electron chi connectivity index (χ0n) is 14.0. The molecule has 0 aliphatic carbocycles. The first-order chi connectivity index (χ1) is 12.1. The molecule has 0 unspecified atom stereocenters. The molecule has 5 nitrogen and oxygen atoms in total. The van der Waals surface area contributed by atoms with E-state index >= 15 is 0 Å². The van der Waals surface area contributed by atoms with E-state index in [4.69, 9.17) is 16.6 Å². The average Bonchev–Trinajstić information content (AvgIpc) is 3.00. The molecule has 1 aromatic carbocycles. The summed E-state index contributed by atoms with van der Waals surface area (Å²) < 4.78 is 2.03. The number of benzene rings is 1. The Bertz CT molecular complexity index is 936. The minimum Gasteiger partial charge on any atom is -0.309 e. The highest BCUT2D eigenvalue weighted by Crippen LogP contribution is 2.26. The molecule has 1 aliphatic rings. The number of pyridine rings is 1. The van der Waals surface area contributed by atoms with Gasteiger partial charge in [0.05, 0.1) is 22.9 Å². The molecule has 2 aromatic heterocycles. The van der Waals surface area contributed by atoms with E-state index < -0.39 is 0 Å². The van der Waals surface area contributed by atoms with Gasteiger partial charge in [-0.3, -0.25) is 9.69 Å². The van der Waals surface area contributed by atoms with Crippen molar-refractivity contribution in [2.24, 2.45) is 0 Å². The molecule has 0 atom stereocenters. The van der Waals surface area contributed by atoms with E-state index in [2.05, 4.69) is 17.9 Å². The Labute approximate surface area is 151 Å². The summed E-state index contributed by atoms with van der Waals surface area (Å²) in [7, 11) is 0. The van der Waals surface area contributed by atoms with Gasteiger partial charge in [0.25, 0.3) is 0 Å². The van der Waals surface area contributed by atoms with Gasteiger partial charge in [-0.05, 0) is 30.7 Å². The number of rotatable bonds is 3. The summed E-state index contributed by atoms with van der Waals surface area (Å²) in [6, 6.07) is 11.5. The standard InChI is InChI=1S/C19H19ClN4O/c1-14-5-4-8-23-12-15(21-19(14)23)11-22-9-10-24(18(25)13-22)17-7-3-2-6-16(17)20/h2-8,12H,9-11,13H2,1H3. The molecule has 1 aliphatic heterocycles. The Morgan fingerprint density at radius 3 is 2.76 bits per heavy atom. The number of nitrogens with zero attached hydrogens (tertiary/aromatic N) is 4. The van der Waals surface area contributed by atoms with Gasteiger partial charge in [0, 0.05) is 32.0 Å². The van der Waals surface area contributed by atoms with Crippen molar-refractivity contribution < 1.29 is 4.79 Å². The van der Waals surface area contributed by atoms with Crippen LogP contribution in [-0.4, -0.2) is 39.8 Å². The smallest absolute Gasteiger partial charge is 0.241 e. The van der Waals surface area contributed by atoms with Crippen LogP contribution in [0.4, 0.5) is 5.69 Å². The summed E-state index contributed by atoms with van der Waals surface area (Å²) >= 11 is 6.23. The second-order valence-electron chi connectivity index (χ2n) is 6.36. The second kappa shape index (κ2) is 6.50. The third-order valence-corrected chi connectivity index (χ3v) is 4.88. The van der Waals surface area contributed by atoms with E-state index in [9.17, 15) is 4.79 Å². The van der Waals surface area contributed by atoms with Gasteiger partial charge in [0.2, 0.25) is 5.91 Å². The minimum absolute atomic E-state index is 0.0688. The molecule has 4 rings (SSSR count).